The van der Waals surface area contributed by atoms with Gasteiger partial charge in [-0.05, 0) is 49.1 Å². The van der Waals surface area contributed by atoms with E-state index in [1.165, 1.54) is 5.57 Å². The van der Waals surface area contributed by atoms with Gasteiger partial charge in [0.2, 0.25) is 0 Å². The van der Waals surface area contributed by atoms with Crippen molar-refractivity contribution in [1.82, 2.24) is 4.98 Å². The van der Waals surface area contributed by atoms with Crippen molar-refractivity contribution < 1.29 is 5.11 Å². The van der Waals surface area contributed by atoms with Crippen LogP contribution in [-0.2, 0) is 0 Å². The SMILES string of the molecule is NCCCCC[C@H](O)c1cc(C2=CC=CC=CC2)nc2ccccc12. The molecule has 1 heterocycles. The first kappa shape index (κ1) is 17.6. The van der Waals surface area contributed by atoms with Crippen molar-refractivity contribution in [2.24, 2.45) is 5.73 Å². The van der Waals surface area contributed by atoms with Gasteiger partial charge in [-0.25, -0.2) is 4.98 Å². The molecular formula is C22H26N2O. The zero-order valence-electron chi connectivity index (χ0n) is 14.6. The minimum absolute atomic E-state index is 0.470. The molecule has 1 aromatic carbocycles. The molecule has 0 aliphatic heterocycles. The largest absolute Gasteiger partial charge is 0.388 e. The fraction of sp³-hybridized carbons (Fsp3) is 0.318. The number of unbranched alkanes of at least 4 members (excludes halogenated alkanes) is 2. The number of allylic oxidation sites excluding steroid dienone is 6. The molecule has 0 amide bonds. The summed E-state index contributed by atoms with van der Waals surface area (Å²) in [4.78, 5) is 4.83. The van der Waals surface area contributed by atoms with Crippen LogP contribution in [0.25, 0.3) is 16.5 Å². The van der Waals surface area contributed by atoms with Gasteiger partial charge in [-0.15, -0.1) is 0 Å². The monoisotopic (exact) mass is 334 g/mol. The van der Waals surface area contributed by atoms with Crippen LogP contribution >= 0.6 is 0 Å². The van der Waals surface area contributed by atoms with E-state index in [0.29, 0.717) is 6.54 Å². The van der Waals surface area contributed by atoms with E-state index in [0.717, 1.165) is 54.3 Å². The van der Waals surface area contributed by atoms with E-state index < -0.39 is 6.10 Å². The van der Waals surface area contributed by atoms with Crippen LogP contribution in [0.3, 0.4) is 0 Å². The maximum absolute atomic E-state index is 10.8. The highest BCUT2D eigenvalue weighted by Crippen LogP contribution is 2.30. The summed E-state index contributed by atoms with van der Waals surface area (Å²) in [6.07, 6.45) is 14.6. The third kappa shape index (κ3) is 4.44. The number of nitrogens with two attached hydrogens (primary N) is 1. The van der Waals surface area contributed by atoms with Crippen LogP contribution in [0.4, 0.5) is 0 Å². The van der Waals surface area contributed by atoms with E-state index in [4.69, 9.17) is 10.7 Å². The molecule has 2 aromatic rings. The molecule has 3 heteroatoms. The van der Waals surface area contributed by atoms with E-state index in [2.05, 4.69) is 24.3 Å². The average Bonchev–Trinajstić information content (AvgIpc) is 2.93. The van der Waals surface area contributed by atoms with Gasteiger partial charge in [0.05, 0.1) is 17.3 Å². The molecule has 1 aliphatic carbocycles. The summed E-state index contributed by atoms with van der Waals surface area (Å²) >= 11 is 0. The van der Waals surface area contributed by atoms with Gasteiger partial charge in [0.15, 0.2) is 0 Å². The van der Waals surface area contributed by atoms with E-state index in [1.54, 1.807) is 0 Å². The second kappa shape index (κ2) is 8.75. The van der Waals surface area contributed by atoms with Crippen LogP contribution < -0.4 is 5.73 Å². The van der Waals surface area contributed by atoms with Crippen LogP contribution in [0, 0.1) is 0 Å². The summed E-state index contributed by atoms with van der Waals surface area (Å²) in [5.74, 6) is 0. The van der Waals surface area contributed by atoms with Crippen molar-refractivity contribution in [2.75, 3.05) is 6.54 Å². The quantitative estimate of drug-likeness (QED) is 0.722. The van der Waals surface area contributed by atoms with Crippen molar-refractivity contribution in [3.05, 3.63) is 72.0 Å². The summed E-state index contributed by atoms with van der Waals surface area (Å²) in [7, 11) is 0. The highest BCUT2D eigenvalue weighted by molar-refractivity contribution is 5.85. The fourth-order valence-electron chi connectivity index (χ4n) is 3.22. The number of para-hydroxylation sites is 1. The lowest BCUT2D eigenvalue weighted by Crippen LogP contribution is -2.03. The highest BCUT2D eigenvalue weighted by Gasteiger charge is 2.15. The molecule has 1 aromatic heterocycles. The number of hydrogen-bond donors (Lipinski definition) is 2. The van der Waals surface area contributed by atoms with Gasteiger partial charge >= 0.3 is 0 Å². The number of aliphatic hydroxyl groups excluding tert-OH is 1. The van der Waals surface area contributed by atoms with E-state index in [-0.39, 0.29) is 0 Å². The summed E-state index contributed by atoms with van der Waals surface area (Å²) in [5.41, 5.74) is 9.60. The molecule has 0 unspecified atom stereocenters. The summed E-state index contributed by atoms with van der Waals surface area (Å²) in [5, 5.41) is 11.8. The van der Waals surface area contributed by atoms with Gasteiger partial charge in [-0.1, -0.05) is 61.4 Å². The Morgan fingerprint density at radius 3 is 2.84 bits per heavy atom. The normalized spacial score (nSPS) is 15.2. The summed E-state index contributed by atoms with van der Waals surface area (Å²) in [6, 6.07) is 10.1. The maximum atomic E-state index is 10.8. The highest BCUT2D eigenvalue weighted by atomic mass is 16.3. The number of aromatic nitrogens is 1. The number of nitrogens with zero attached hydrogens (tertiary/aromatic N) is 1. The molecule has 1 aliphatic rings. The van der Waals surface area contributed by atoms with Crippen LogP contribution in [0.2, 0.25) is 0 Å². The third-order valence-electron chi connectivity index (χ3n) is 4.61. The number of hydrogen-bond acceptors (Lipinski definition) is 3. The van der Waals surface area contributed by atoms with E-state index in [9.17, 15) is 5.11 Å². The molecule has 130 valence electrons. The molecule has 0 spiro atoms. The number of benzene rings is 1. The smallest absolute Gasteiger partial charge is 0.0797 e. The van der Waals surface area contributed by atoms with Gasteiger partial charge in [0.1, 0.15) is 0 Å². The van der Waals surface area contributed by atoms with Crippen molar-refractivity contribution in [3.63, 3.8) is 0 Å². The lowest BCUT2D eigenvalue weighted by atomic mass is 9.96. The second-order valence-corrected chi connectivity index (χ2v) is 6.48. The Morgan fingerprint density at radius 2 is 1.96 bits per heavy atom. The number of fused-ring (bicyclic) bond motifs is 1. The van der Waals surface area contributed by atoms with Crippen molar-refractivity contribution in [2.45, 2.75) is 38.2 Å². The van der Waals surface area contributed by atoms with Gasteiger partial charge in [-0.3, -0.25) is 0 Å². The molecular weight excluding hydrogens is 308 g/mol. The van der Waals surface area contributed by atoms with Gasteiger partial charge in [-0.2, -0.15) is 0 Å². The molecule has 1 atom stereocenters. The maximum Gasteiger partial charge on any atom is 0.0797 e. The molecule has 0 saturated carbocycles. The minimum Gasteiger partial charge on any atom is -0.388 e. The Kier molecular flexibility index (Phi) is 6.15. The first-order chi connectivity index (χ1) is 12.3. The molecule has 0 saturated heterocycles. The van der Waals surface area contributed by atoms with Crippen LogP contribution in [0.15, 0.2) is 60.7 Å². The number of rotatable bonds is 7. The second-order valence-electron chi connectivity index (χ2n) is 6.48. The van der Waals surface area contributed by atoms with Crippen LogP contribution in [0.1, 0.15) is 49.5 Å². The standard InChI is InChI=1S/C22H26N2O/c23-15-9-3-6-14-22(25)19-16-21(17-10-4-1-2-5-11-17)24-20-13-8-7-12-18(19)20/h1-2,4-5,7-8,10,12-13,16,22,25H,3,6,9,11,14-15,23H2/t22-/m0/s1. The molecule has 3 rings (SSSR count). The van der Waals surface area contributed by atoms with Gasteiger partial charge in [0.25, 0.3) is 0 Å². The Bertz CT molecular complexity index is 805. The minimum atomic E-state index is -0.470. The zero-order chi connectivity index (χ0) is 17.5. The topological polar surface area (TPSA) is 59.1 Å². The lowest BCUT2D eigenvalue weighted by molar-refractivity contribution is 0.165. The molecule has 0 bridgehead atoms. The fourth-order valence-corrected chi connectivity index (χ4v) is 3.22. The molecule has 3 nitrogen and oxygen atoms in total. The Balaban J connectivity index is 1.94. The predicted octanol–water partition coefficient (Wildman–Crippen LogP) is 4.69. The van der Waals surface area contributed by atoms with Gasteiger partial charge < -0.3 is 10.8 Å². The lowest BCUT2D eigenvalue weighted by Gasteiger charge is -2.16. The average molecular weight is 334 g/mol. The van der Waals surface area contributed by atoms with Crippen molar-refractivity contribution in [3.8, 4) is 0 Å². The number of aliphatic hydroxyl groups is 1. The van der Waals surface area contributed by atoms with E-state index in [1.807, 2.05) is 36.4 Å². The van der Waals surface area contributed by atoms with E-state index >= 15 is 0 Å². The molecule has 25 heavy (non-hydrogen) atoms. The first-order valence-corrected chi connectivity index (χ1v) is 9.10. The first-order valence-electron chi connectivity index (χ1n) is 9.10. The molecule has 0 fully saturated rings. The van der Waals surface area contributed by atoms with Gasteiger partial charge in [0, 0.05) is 5.39 Å². The zero-order valence-corrected chi connectivity index (χ0v) is 14.6. The predicted molar refractivity (Wildman–Crippen MR) is 105 cm³/mol. The molecule has 0 radical (unpaired) electrons. The van der Waals surface area contributed by atoms with Crippen molar-refractivity contribution >= 4 is 16.5 Å². The summed E-state index contributed by atoms with van der Waals surface area (Å²) < 4.78 is 0. The van der Waals surface area contributed by atoms with Crippen LogP contribution in [0.5, 0.6) is 0 Å². The Hall–Kier alpha value is -2.23. The third-order valence-corrected chi connectivity index (χ3v) is 4.61. The summed E-state index contributed by atoms with van der Waals surface area (Å²) in [6.45, 7) is 0.716. The molecule has 3 N–H and O–H groups in total. The number of pyridine rings is 1. The van der Waals surface area contributed by atoms with Crippen molar-refractivity contribution in [1.29, 1.82) is 0 Å². The Labute approximate surface area is 149 Å². The van der Waals surface area contributed by atoms with Crippen LogP contribution in [-0.4, -0.2) is 16.6 Å². The Morgan fingerprint density at radius 1 is 1.08 bits per heavy atom.